The summed E-state index contributed by atoms with van der Waals surface area (Å²) in [6.45, 7) is 0. The Bertz CT molecular complexity index is 946. The highest BCUT2D eigenvalue weighted by molar-refractivity contribution is 7.17. The van der Waals surface area contributed by atoms with Gasteiger partial charge in [-0.05, 0) is 53.6 Å². The van der Waals surface area contributed by atoms with Crippen LogP contribution in [-0.2, 0) is 4.79 Å². The van der Waals surface area contributed by atoms with Crippen molar-refractivity contribution in [3.8, 4) is 10.4 Å². The Labute approximate surface area is 153 Å². The number of halogens is 1. The molecule has 3 rings (SSSR count). The fourth-order valence-electron chi connectivity index (χ4n) is 2.21. The Kier molecular flexibility index (Phi) is 5.07. The van der Waals surface area contributed by atoms with E-state index in [0.29, 0.717) is 15.5 Å². The summed E-state index contributed by atoms with van der Waals surface area (Å²) in [5.41, 5.74) is 1.24. The van der Waals surface area contributed by atoms with E-state index < -0.39 is 11.8 Å². The van der Waals surface area contributed by atoms with Gasteiger partial charge in [0.2, 0.25) is 5.78 Å². The summed E-state index contributed by atoms with van der Waals surface area (Å²) < 4.78 is 0. The van der Waals surface area contributed by atoms with E-state index in [1.807, 2.05) is 12.1 Å². The lowest BCUT2D eigenvalue weighted by molar-refractivity contribution is -0.132. The molecule has 0 amide bonds. The first kappa shape index (κ1) is 17.1. The van der Waals surface area contributed by atoms with Crippen LogP contribution in [0.3, 0.4) is 0 Å². The van der Waals surface area contributed by atoms with Crippen molar-refractivity contribution in [2.24, 2.45) is 0 Å². The third-order valence-electron chi connectivity index (χ3n) is 3.45. The van der Waals surface area contributed by atoms with Crippen LogP contribution in [0.15, 0.2) is 66.5 Å². The third-order valence-corrected chi connectivity index (χ3v) is 4.84. The van der Waals surface area contributed by atoms with Gasteiger partial charge in [0.25, 0.3) is 0 Å². The van der Waals surface area contributed by atoms with Gasteiger partial charge in [-0.15, -0.1) is 11.3 Å². The van der Waals surface area contributed by atoms with Crippen LogP contribution in [0.4, 0.5) is 0 Å². The summed E-state index contributed by atoms with van der Waals surface area (Å²) in [4.78, 5) is 29.4. The molecule has 1 N–H and O–H groups in total. The Morgan fingerprint density at radius 3 is 2.32 bits per heavy atom. The van der Waals surface area contributed by atoms with Crippen LogP contribution < -0.4 is 0 Å². The summed E-state index contributed by atoms with van der Waals surface area (Å²) in [5.74, 6) is -1.79. The summed E-state index contributed by atoms with van der Waals surface area (Å²) >= 11 is 7.07. The molecule has 0 aliphatic carbocycles. The van der Waals surface area contributed by atoms with Crippen molar-refractivity contribution in [2.45, 2.75) is 0 Å². The smallest absolute Gasteiger partial charge is 0.339 e. The molecule has 4 nitrogen and oxygen atoms in total. The Hall–Kier alpha value is -2.76. The van der Waals surface area contributed by atoms with E-state index in [4.69, 9.17) is 11.6 Å². The number of thiophene rings is 1. The fourth-order valence-corrected chi connectivity index (χ4v) is 3.31. The summed E-state index contributed by atoms with van der Waals surface area (Å²) in [6, 6.07) is 13.7. The normalized spacial score (nSPS) is 11.3. The van der Waals surface area contributed by atoms with Crippen molar-refractivity contribution < 1.29 is 14.7 Å². The summed E-state index contributed by atoms with van der Waals surface area (Å²) in [5, 5.41) is 9.97. The first-order chi connectivity index (χ1) is 12.0. The van der Waals surface area contributed by atoms with Gasteiger partial charge in [0.1, 0.15) is 5.57 Å². The van der Waals surface area contributed by atoms with Gasteiger partial charge >= 0.3 is 5.97 Å². The number of Topliss-reactive ketones (excluding diaryl/α,β-unsaturated/α-hetero) is 1. The van der Waals surface area contributed by atoms with Crippen molar-refractivity contribution in [2.75, 3.05) is 0 Å². The van der Waals surface area contributed by atoms with Gasteiger partial charge in [-0.2, -0.15) is 0 Å². The Morgan fingerprint density at radius 2 is 1.68 bits per heavy atom. The monoisotopic (exact) mass is 369 g/mol. The standard InChI is InChI=1S/C19H12ClNO3S/c20-14-3-1-12(2-4-14)11-15(19(23)24)18(22)17-6-5-16(25-17)13-7-9-21-10-8-13/h1-11H,(H,23,24). The number of carboxylic acids is 1. The number of nitrogens with zero attached hydrogens (tertiary/aromatic N) is 1. The number of aliphatic carboxylic acids is 1. The van der Waals surface area contributed by atoms with Gasteiger partial charge in [0.15, 0.2) is 0 Å². The lowest BCUT2D eigenvalue weighted by Gasteiger charge is -2.01. The first-order valence-corrected chi connectivity index (χ1v) is 8.49. The predicted octanol–water partition coefficient (Wildman–Crippen LogP) is 4.81. The topological polar surface area (TPSA) is 67.3 Å². The molecule has 124 valence electrons. The maximum absolute atomic E-state index is 12.6. The number of benzene rings is 1. The molecule has 1 aromatic carbocycles. The lowest BCUT2D eigenvalue weighted by atomic mass is 10.1. The molecule has 6 heteroatoms. The highest BCUT2D eigenvalue weighted by Crippen LogP contribution is 2.29. The van der Waals surface area contributed by atoms with Crippen molar-refractivity contribution in [3.63, 3.8) is 0 Å². The molecule has 0 aliphatic heterocycles. The average Bonchev–Trinajstić information content (AvgIpc) is 3.11. The Balaban J connectivity index is 1.93. The molecule has 0 spiro atoms. The minimum absolute atomic E-state index is 0.287. The van der Waals surface area contributed by atoms with E-state index in [2.05, 4.69) is 4.98 Å². The van der Waals surface area contributed by atoms with Gasteiger partial charge in [0, 0.05) is 22.3 Å². The molecule has 0 saturated heterocycles. The predicted molar refractivity (Wildman–Crippen MR) is 98.9 cm³/mol. The minimum Gasteiger partial charge on any atom is -0.478 e. The van der Waals surface area contributed by atoms with Gasteiger partial charge in [0.05, 0.1) is 4.88 Å². The molecular weight excluding hydrogens is 358 g/mol. The van der Waals surface area contributed by atoms with Crippen LogP contribution in [0.2, 0.25) is 5.02 Å². The number of hydrogen-bond acceptors (Lipinski definition) is 4. The number of hydrogen-bond donors (Lipinski definition) is 1. The molecular formula is C19H12ClNO3S. The van der Waals surface area contributed by atoms with Gasteiger partial charge in [-0.25, -0.2) is 4.79 Å². The lowest BCUT2D eigenvalue weighted by Crippen LogP contribution is -2.11. The van der Waals surface area contributed by atoms with Gasteiger partial charge in [-0.1, -0.05) is 23.7 Å². The summed E-state index contributed by atoms with van der Waals surface area (Å²) in [6.07, 6.45) is 4.69. The molecule has 0 aliphatic rings. The molecule has 3 aromatic rings. The molecule has 0 radical (unpaired) electrons. The number of aromatic nitrogens is 1. The summed E-state index contributed by atoms with van der Waals surface area (Å²) in [7, 11) is 0. The van der Waals surface area contributed by atoms with Crippen LogP contribution in [0.25, 0.3) is 16.5 Å². The zero-order valence-electron chi connectivity index (χ0n) is 12.8. The molecule has 0 unspecified atom stereocenters. The number of carboxylic acid groups (broad SMARTS) is 1. The minimum atomic E-state index is -1.26. The van der Waals surface area contributed by atoms with Gasteiger partial charge in [-0.3, -0.25) is 9.78 Å². The largest absolute Gasteiger partial charge is 0.478 e. The van der Waals surface area contributed by atoms with E-state index in [9.17, 15) is 14.7 Å². The second-order valence-electron chi connectivity index (χ2n) is 5.14. The van der Waals surface area contributed by atoms with Crippen molar-refractivity contribution in [1.82, 2.24) is 4.98 Å². The van der Waals surface area contributed by atoms with Crippen LogP contribution >= 0.6 is 22.9 Å². The first-order valence-electron chi connectivity index (χ1n) is 7.30. The molecule has 2 aromatic heterocycles. The maximum atomic E-state index is 12.6. The average molecular weight is 370 g/mol. The van der Waals surface area contributed by atoms with Crippen LogP contribution in [0, 0.1) is 0 Å². The molecule has 0 fully saturated rings. The number of pyridine rings is 1. The van der Waals surface area contributed by atoms with E-state index in [1.54, 1.807) is 48.8 Å². The molecule has 0 atom stereocenters. The van der Waals surface area contributed by atoms with Gasteiger partial charge < -0.3 is 5.11 Å². The van der Waals surface area contributed by atoms with E-state index in [-0.39, 0.29) is 5.57 Å². The zero-order chi connectivity index (χ0) is 17.8. The van der Waals surface area contributed by atoms with E-state index in [0.717, 1.165) is 10.4 Å². The SMILES string of the molecule is O=C(O)C(=Cc1ccc(Cl)cc1)C(=O)c1ccc(-c2ccncc2)s1. The Morgan fingerprint density at radius 1 is 1.00 bits per heavy atom. The third kappa shape index (κ3) is 4.02. The van der Waals surface area contributed by atoms with Crippen LogP contribution in [0.1, 0.15) is 15.2 Å². The second-order valence-corrected chi connectivity index (χ2v) is 6.66. The molecule has 25 heavy (non-hydrogen) atoms. The van der Waals surface area contributed by atoms with Crippen molar-refractivity contribution in [1.29, 1.82) is 0 Å². The maximum Gasteiger partial charge on any atom is 0.339 e. The number of ketones is 1. The van der Waals surface area contributed by atoms with Crippen LogP contribution in [0.5, 0.6) is 0 Å². The molecule has 0 saturated carbocycles. The van der Waals surface area contributed by atoms with Crippen molar-refractivity contribution >= 4 is 40.8 Å². The number of rotatable bonds is 5. The fraction of sp³-hybridized carbons (Fsp3) is 0. The van der Waals surface area contributed by atoms with E-state index >= 15 is 0 Å². The number of carbonyl (C=O) groups excluding carboxylic acids is 1. The van der Waals surface area contributed by atoms with E-state index in [1.165, 1.54) is 17.4 Å². The highest BCUT2D eigenvalue weighted by atomic mass is 35.5. The molecule has 2 heterocycles. The van der Waals surface area contributed by atoms with Crippen LogP contribution in [-0.4, -0.2) is 21.8 Å². The quantitative estimate of drug-likeness (QED) is 0.303. The highest BCUT2D eigenvalue weighted by Gasteiger charge is 2.21. The van der Waals surface area contributed by atoms with Crippen molar-refractivity contribution in [3.05, 3.63) is 82.0 Å². The zero-order valence-corrected chi connectivity index (χ0v) is 14.4. The number of carbonyl (C=O) groups is 2. The second kappa shape index (κ2) is 7.42. The molecule has 0 bridgehead atoms.